The van der Waals surface area contributed by atoms with Crippen LogP contribution in [0.4, 0.5) is 0 Å². The van der Waals surface area contributed by atoms with Crippen molar-refractivity contribution in [3.63, 3.8) is 0 Å². The van der Waals surface area contributed by atoms with Crippen molar-refractivity contribution < 1.29 is 9.63 Å². The van der Waals surface area contributed by atoms with E-state index in [1.54, 1.807) is 6.20 Å². The molecule has 0 aliphatic rings. The fourth-order valence-electron chi connectivity index (χ4n) is 1.65. The van der Waals surface area contributed by atoms with Gasteiger partial charge >= 0.3 is 0 Å². The van der Waals surface area contributed by atoms with Gasteiger partial charge < -0.3 is 9.63 Å². The molecule has 2 aromatic heterocycles. The minimum Gasteiger partial charge on any atom is -0.393 e. The van der Waals surface area contributed by atoms with Gasteiger partial charge in [0.15, 0.2) is 0 Å². The van der Waals surface area contributed by atoms with Gasteiger partial charge in [-0.2, -0.15) is 4.98 Å². The maximum Gasteiger partial charge on any atom is 0.229 e. The third kappa shape index (κ3) is 3.84. The van der Waals surface area contributed by atoms with E-state index in [2.05, 4.69) is 47.0 Å². The van der Waals surface area contributed by atoms with Gasteiger partial charge in [-0.15, -0.1) is 0 Å². The Morgan fingerprint density at radius 3 is 2.89 bits per heavy atom. The summed E-state index contributed by atoms with van der Waals surface area (Å²) in [5.74, 6) is 0.839. The van der Waals surface area contributed by atoms with E-state index in [-0.39, 0.29) is 0 Å². The van der Waals surface area contributed by atoms with E-state index in [0.717, 1.165) is 21.8 Å². The summed E-state index contributed by atoms with van der Waals surface area (Å²) >= 11 is 6.74. The molecule has 0 aliphatic heterocycles. The fraction of sp³-hybridized carbons (Fsp3) is 0.417. The molecule has 0 saturated carbocycles. The van der Waals surface area contributed by atoms with Crippen molar-refractivity contribution in [2.75, 3.05) is 0 Å². The lowest BCUT2D eigenvalue weighted by Gasteiger charge is -2.03. The Morgan fingerprint density at radius 1 is 1.42 bits per heavy atom. The average Bonchev–Trinajstić information content (AvgIpc) is 2.77. The standard InChI is InChI=1S/C12H13Br2N3O2/c1-2-3-8(18)5-10-16-12(17-19-10)11-9(14)4-7(13)6-15-11/h4,6,8,18H,2-3,5H2,1H3. The number of hydrogen-bond donors (Lipinski definition) is 1. The van der Waals surface area contributed by atoms with Crippen LogP contribution in [0.1, 0.15) is 25.7 Å². The number of aliphatic hydroxyl groups is 1. The van der Waals surface area contributed by atoms with Crippen molar-refractivity contribution in [1.82, 2.24) is 15.1 Å². The molecule has 1 atom stereocenters. The van der Waals surface area contributed by atoms with Gasteiger partial charge in [-0.3, -0.25) is 4.98 Å². The highest BCUT2D eigenvalue weighted by Gasteiger charge is 2.15. The van der Waals surface area contributed by atoms with Gasteiger partial charge in [0, 0.05) is 15.1 Å². The van der Waals surface area contributed by atoms with Gasteiger partial charge in [0.05, 0.1) is 12.5 Å². The largest absolute Gasteiger partial charge is 0.393 e. The number of pyridine rings is 1. The molecule has 0 aromatic carbocycles. The number of aliphatic hydroxyl groups excluding tert-OH is 1. The molecule has 0 saturated heterocycles. The Kier molecular flexibility index (Phi) is 5.06. The SMILES string of the molecule is CCCC(O)Cc1nc(-c2ncc(Br)cc2Br)no1. The molecule has 0 spiro atoms. The Balaban J connectivity index is 2.16. The second-order valence-corrected chi connectivity index (χ2v) is 5.91. The first kappa shape index (κ1) is 14.6. The van der Waals surface area contributed by atoms with Crippen molar-refractivity contribution in [3.8, 4) is 11.5 Å². The zero-order valence-electron chi connectivity index (χ0n) is 10.3. The summed E-state index contributed by atoms with van der Waals surface area (Å²) in [5, 5.41) is 13.6. The molecule has 5 nitrogen and oxygen atoms in total. The molecule has 0 amide bonds. The molecular weight excluding hydrogens is 378 g/mol. The van der Waals surface area contributed by atoms with Crippen LogP contribution in [-0.4, -0.2) is 26.3 Å². The maximum atomic E-state index is 9.71. The van der Waals surface area contributed by atoms with E-state index in [1.807, 2.05) is 13.0 Å². The number of aromatic nitrogens is 3. The van der Waals surface area contributed by atoms with Crippen molar-refractivity contribution in [2.45, 2.75) is 32.3 Å². The monoisotopic (exact) mass is 389 g/mol. The van der Waals surface area contributed by atoms with Gasteiger partial charge in [-0.1, -0.05) is 18.5 Å². The Morgan fingerprint density at radius 2 is 2.21 bits per heavy atom. The molecule has 2 rings (SSSR count). The number of halogens is 2. The Hall–Kier alpha value is -0.790. The summed E-state index contributed by atoms with van der Waals surface area (Å²) in [6.45, 7) is 2.02. The normalized spacial score (nSPS) is 12.6. The van der Waals surface area contributed by atoms with E-state index < -0.39 is 6.10 Å². The zero-order valence-corrected chi connectivity index (χ0v) is 13.5. The predicted octanol–water partition coefficient (Wildman–Crippen LogP) is 3.36. The van der Waals surface area contributed by atoms with Crippen LogP contribution in [0.3, 0.4) is 0 Å². The Labute approximate surface area is 127 Å². The van der Waals surface area contributed by atoms with Gasteiger partial charge in [0.2, 0.25) is 11.7 Å². The highest BCUT2D eigenvalue weighted by Crippen LogP contribution is 2.26. The molecule has 102 valence electrons. The van der Waals surface area contributed by atoms with Crippen LogP contribution in [0.5, 0.6) is 0 Å². The van der Waals surface area contributed by atoms with Crippen LogP contribution in [-0.2, 0) is 6.42 Å². The molecule has 19 heavy (non-hydrogen) atoms. The van der Waals surface area contributed by atoms with Crippen molar-refractivity contribution in [2.24, 2.45) is 0 Å². The summed E-state index contributed by atoms with van der Waals surface area (Å²) in [6.07, 6.45) is 3.23. The second-order valence-electron chi connectivity index (χ2n) is 4.14. The molecule has 0 radical (unpaired) electrons. The summed E-state index contributed by atoms with van der Waals surface area (Å²) in [5.41, 5.74) is 0.614. The molecule has 1 unspecified atom stereocenters. The Bertz CT molecular complexity index is 560. The molecule has 0 bridgehead atoms. The van der Waals surface area contributed by atoms with E-state index in [1.165, 1.54) is 0 Å². The third-order valence-corrected chi connectivity index (χ3v) is 3.56. The third-order valence-electron chi connectivity index (χ3n) is 2.52. The van der Waals surface area contributed by atoms with Gasteiger partial charge in [-0.25, -0.2) is 0 Å². The molecule has 7 heteroatoms. The lowest BCUT2D eigenvalue weighted by molar-refractivity contribution is 0.152. The van der Waals surface area contributed by atoms with E-state index in [4.69, 9.17) is 4.52 Å². The van der Waals surface area contributed by atoms with Gasteiger partial charge in [0.25, 0.3) is 0 Å². The average molecular weight is 391 g/mol. The zero-order chi connectivity index (χ0) is 13.8. The van der Waals surface area contributed by atoms with Gasteiger partial charge in [0.1, 0.15) is 5.69 Å². The lowest BCUT2D eigenvalue weighted by atomic mass is 10.1. The fourth-order valence-corrected chi connectivity index (χ4v) is 2.81. The highest BCUT2D eigenvalue weighted by molar-refractivity contribution is 9.11. The molecule has 0 aliphatic carbocycles. The van der Waals surface area contributed by atoms with Crippen LogP contribution >= 0.6 is 31.9 Å². The first-order valence-electron chi connectivity index (χ1n) is 5.92. The maximum absolute atomic E-state index is 9.71. The number of nitrogens with zero attached hydrogens (tertiary/aromatic N) is 3. The minimum atomic E-state index is -0.445. The summed E-state index contributed by atoms with van der Waals surface area (Å²) in [4.78, 5) is 8.48. The molecule has 2 aromatic rings. The van der Waals surface area contributed by atoms with E-state index >= 15 is 0 Å². The van der Waals surface area contributed by atoms with Crippen molar-refractivity contribution >= 4 is 31.9 Å². The quantitative estimate of drug-likeness (QED) is 0.847. The highest BCUT2D eigenvalue weighted by atomic mass is 79.9. The van der Waals surface area contributed by atoms with Crippen LogP contribution in [0, 0.1) is 0 Å². The van der Waals surface area contributed by atoms with E-state index in [0.29, 0.717) is 23.8 Å². The van der Waals surface area contributed by atoms with Crippen LogP contribution in [0.2, 0.25) is 0 Å². The first-order valence-corrected chi connectivity index (χ1v) is 7.50. The van der Waals surface area contributed by atoms with Crippen LogP contribution in [0.25, 0.3) is 11.5 Å². The van der Waals surface area contributed by atoms with Crippen LogP contribution in [0.15, 0.2) is 25.7 Å². The first-order chi connectivity index (χ1) is 9.10. The van der Waals surface area contributed by atoms with Gasteiger partial charge in [-0.05, 0) is 44.3 Å². The minimum absolute atomic E-state index is 0.370. The van der Waals surface area contributed by atoms with Crippen molar-refractivity contribution in [3.05, 3.63) is 27.1 Å². The summed E-state index contributed by atoms with van der Waals surface area (Å²) < 4.78 is 6.77. The molecule has 0 fully saturated rings. The van der Waals surface area contributed by atoms with E-state index in [9.17, 15) is 5.11 Å². The lowest BCUT2D eigenvalue weighted by Crippen LogP contribution is -2.09. The number of hydrogen-bond acceptors (Lipinski definition) is 5. The van der Waals surface area contributed by atoms with Crippen molar-refractivity contribution in [1.29, 1.82) is 0 Å². The summed E-state index contributed by atoms with van der Waals surface area (Å²) in [6, 6.07) is 1.87. The predicted molar refractivity (Wildman–Crippen MR) is 77.5 cm³/mol. The summed E-state index contributed by atoms with van der Waals surface area (Å²) in [7, 11) is 0. The topological polar surface area (TPSA) is 72.0 Å². The molecule has 1 N–H and O–H groups in total. The second kappa shape index (κ2) is 6.58. The smallest absolute Gasteiger partial charge is 0.229 e. The number of rotatable bonds is 5. The molecular formula is C12H13Br2N3O2. The van der Waals surface area contributed by atoms with Crippen LogP contribution < -0.4 is 0 Å². The molecule has 2 heterocycles.